The van der Waals surface area contributed by atoms with Gasteiger partial charge in [-0.25, -0.2) is 4.37 Å². The molecule has 0 saturated carbocycles. The third-order valence-corrected chi connectivity index (χ3v) is 3.81. The van der Waals surface area contributed by atoms with Gasteiger partial charge in [0.15, 0.2) is 0 Å². The Hall–Kier alpha value is -1.88. The Bertz CT molecular complexity index is 577. The van der Waals surface area contributed by atoms with E-state index in [-0.39, 0.29) is 12.0 Å². The molecule has 1 saturated heterocycles. The van der Waals surface area contributed by atoms with Gasteiger partial charge in [-0.15, -0.1) is 0 Å². The number of carbonyl (C=O) groups excluding carboxylic acids is 1. The number of aryl methyl sites for hydroxylation is 1. The highest BCUT2D eigenvalue weighted by molar-refractivity contribution is 7.08. The van der Waals surface area contributed by atoms with Crippen LogP contribution in [0.1, 0.15) is 15.2 Å². The topological polar surface area (TPSA) is 42.4 Å². The lowest BCUT2D eigenvalue weighted by Crippen LogP contribution is -2.56. The zero-order valence-electron chi connectivity index (χ0n) is 10.6. The fourth-order valence-electron chi connectivity index (χ4n) is 2.04. The minimum Gasteiger partial charge on any atom is -0.487 e. The molecule has 0 bridgehead atoms. The summed E-state index contributed by atoms with van der Waals surface area (Å²) in [5, 5.41) is 0. The number of benzene rings is 1. The molecular weight excluding hydrogens is 260 g/mol. The molecule has 1 amide bonds. The van der Waals surface area contributed by atoms with Crippen LogP contribution in [0.4, 0.5) is 0 Å². The second-order valence-electron chi connectivity index (χ2n) is 4.64. The van der Waals surface area contributed by atoms with Gasteiger partial charge in [-0.1, -0.05) is 12.1 Å². The van der Waals surface area contributed by atoms with Crippen molar-refractivity contribution in [1.82, 2.24) is 9.27 Å². The van der Waals surface area contributed by atoms with E-state index < -0.39 is 0 Å². The molecule has 1 aliphatic rings. The first-order valence-corrected chi connectivity index (χ1v) is 6.93. The summed E-state index contributed by atoms with van der Waals surface area (Å²) in [7, 11) is 0. The minimum atomic E-state index is 0.0478. The molecule has 2 heterocycles. The number of nitrogens with zero attached hydrogens (tertiary/aromatic N) is 2. The summed E-state index contributed by atoms with van der Waals surface area (Å²) in [4.78, 5) is 14.5. The van der Waals surface area contributed by atoms with Crippen LogP contribution < -0.4 is 4.74 Å². The van der Waals surface area contributed by atoms with E-state index in [1.165, 1.54) is 17.1 Å². The van der Waals surface area contributed by atoms with E-state index in [2.05, 4.69) is 4.37 Å². The summed E-state index contributed by atoms with van der Waals surface area (Å²) in [6.07, 6.45) is 1.75. The summed E-state index contributed by atoms with van der Waals surface area (Å²) >= 11 is 1.23. The van der Waals surface area contributed by atoms with E-state index in [0.29, 0.717) is 18.0 Å². The summed E-state index contributed by atoms with van der Waals surface area (Å²) in [5.41, 5.74) is 1.18. The molecule has 1 aliphatic heterocycles. The lowest BCUT2D eigenvalue weighted by atomic mass is 10.1. The molecular formula is C14H14N2O2S. The molecule has 1 aromatic carbocycles. The van der Waals surface area contributed by atoms with Crippen molar-refractivity contribution in [3.8, 4) is 5.75 Å². The summed E-state index contributed by atoms with van der Waals surface area (Å²) in [5.74, 6) is 0.918. The van der Waals surface area contributed by atoms with Gasteiger partial charge in [0.1, 0.15) is 16.7 Å². The molecule has 0 N–H and O–H groups in total. The van der Waals surface area contributed by atoms with E-state index in [9.17, 15) is 4.79 Å². The molecule has 0 radical (unpaired) electrons. The van der Waals surface area contributed by atoms with Crippen LogP contribution in [0.25, 0.3) is 0 Å². The zero-order valence-corrected chi connectivity index (χ0v) is 11.4. The number of ether oxygens (including phenoxy) is 1. The standard InChI is InChI=1S/C14H14N2O2S/c1-10-3-2-4-11(7-10)18-12-8-16(9-12)14(17)13-5-6-15-19-13/h2-7,12H,8-9H2,1H3. The lowest BCUT2D eigenvalue weighted by molar-refractivity contribution is 0.0181. The zero-order chi connectivity index (χ0) is 13.2. The second-order valence-corrected chi connectivity index (χ2v) is 5.48. The number of amides is 1. The molecule has 0 atom stereocenters. The van der Waals surface area contributed by atoms with E-state index in [4.69, 9.17) is 4.74 Å². The SMILES string of the molecule is Cc1cccc(OC2CN(C(=O)c3ccns3)C2)c1. The Kier molecular flexibility index (Phi) is 3.21. The summed E-state index contributed by atoms with van der Waals surface area (Å²) in [6, 6.07) is 9.72. The van der Waals surface area contributed by atoms with E-state index in [0.717, 1.165) is 5.75 Å². The second kappa shape index (κ2) is 5.01. The lowest BCUT2D eigenvalue weighted by Gasteiger charge is -2.38. The van der Waals surface area contributed by atoms with Crippen molar-refractivity contribution in [2.75, 3.05) is 13.1 Å². The number of hydrogen-bond acceptors (Lipinski definition) is 4. The van der Waals surface area contributed by atoms with Gasteiger partial charge in [0.25, 0.3) is 5.91 Å². The Morgan fingerprint density at radius 3 is 2.95 bits per heavy atom. The van der Waals surface area contributed by atoms with Crippen LogP contribution in [0.3, 0.4) is 0 Å². The Morgan fingerprint density at radius 1 is 1.42 bits per heavy atom. The predicted octanol–water partition coefficient (Wildman–Crippen LogP) is 2.35. The molecule has 4 nitrogen and oxygen atoms in total. The van der Waals surface area contributed by atoms with E-state index >= 15 is 0 Å². The maximum Gasteiger partial charge on any atom is 0.265 e. The van der Waals surface area contributed by atoms with Crippen LogP contribution in [0, 0.1) is 6.92 Å². The molecule has 2 aromatic rings. The van der Waals surface area contributed by atoms with Gasteiger partial charge >= 0.3 is 0 Å². The molecule has 0 spiro atoms. The number of hydrogen-bond donors (Lipinski definition) is 0. The average Bonchev–Trinajstić information content (AvgIpc) is 2.86. The van der Waals surface area contributed by atoms with Crippen LogP contribution >= 0.6 is 11.5 Å². The Labute approximate surface area is 115 Å². The van der Waals surface area contributed by atoms with Crippen LogP contribution in [0.2, 0.25) is 0 Å². The monoisotopic (exact) mass is 274 g/mol. The molecule has 1 aromatic heterocycles. The Morgan fingerprint density at radius 2 is 2.26 bits per heavy atom. The van der Waals surface area contributed by atoms with Gasteiger partial charge in [0, 0.05) is 6.20 Å². The highest BCUT2D eigenvalue weighted by atomic mass is 32.1. The van der Waals surface area contributed by atoms with Crippen molar-refractivity contribution in [1.29, 1.82) is 0 Å². The molecule has 19 heavy (non-hydrogen) atoms. The van der Waals surface area contributed by atoms with Gasteiger partial charge < -0.3 is 9.64 Å². The van der Waals surface area contributed by atoms with Crippen molar-refractivity contribution in [2.45, 2.75) is 13.0 Å². The normalized spacial score (nSPS) is 15.1. The third-order valence-electron chi connectivity index (χ3n) is 3.08. The first-order chi connectivity index (χ1) is 9.22. The molecule has 1 fully saturated rings. The molecule has 98 valence electrons. The average molecular weight is 274 g/mol. The van der Waals surface area contributed by atoms with Crippen molar-refractivity contribution in [3.05, 3.63) is 47.0 Å². The van der Waals surface area contributed by atoms with Gasteiger partial charge in [-0.3, -0.25) is 4.79 Å². The van der Waals surface area contributed by atoms with Gasteiger partial charge in [-0.05, 0) is 42.2 Å². The van der Waals surface area contributed by atoms with Crippen LogP contribution in [0.5, 0.6) is 5.75 Å². The largest absolute Gasteiger partial charge is 0.487 e. The van der Waals surface area contributed by atoms with Crippen LogP contribution in [-0.2, 0) is 0 Å². The maximum atomic E-state index is 12.0. The smallest absolute Gasteiger partial charge is 0.265 e. The third kappa shape index (κ3) is 2.61. The highest BCUT2D eigenvalue weighted by Gasteiger charge is 2.33. The van der Waals surface area contributed by atoms with Crippen LogP contribution in [0.15, 0.2) is 36.5 Å². The molecule has 0 unspecified atom stereocenters. The fourth-order valence-corrected chi connectivity index (χ4v) is 2.61. The van der Waals surface area contributed by atoms with Crippen LogP contribution in [-0.4, -0.2) is 34.4 Å². The predicted molar refractivity (Wildman–Crippen MR) is 73.6 cm³/mol. The molecule has 3 rings (SSSR count). The highest BCUT2D eigenvalue weighted by Crippen LogP contribution is 2.21. The number of aromatic nitrogens is 1. The summed E-state index contributed by atoms with van der Waals surface area (Å²) in [6.45, 7) is 3.32. The van der Waals surface area contributed by atoms with Gasteiger partial charge in [0.05, 0.1) is 13.1 Å². The summed E-state index contributed by atoms with van der Waals surface area (Å²) < 4.78 is 9.77. The van der Waals surface area contributed by atoms with Crippen molar-refractivity contribution < 1.29 is 9.53 Å². The maximum absolute atomic E-state index is 12.0. The molecule has 0 aliphatic carbocycles. The number of carbonyl (C=O) groups is 1. The first kappa shape index (κ1) is 12.2. The van der Waals surface area contributed by atoms with Crippen molar-refractivity contribution in [2.24, 2.45) is 0 Å². The van der Waals surface area contributed by atoms with Crippen molar-refractivity contribution in [3.63, 3.8) is 0 Å². The number of likely N-dealkylation sites (tertiary alicyclic amines) is 1. The van der Waals surface area contributed by atoms with E-state index in [1.54, 1.807) is 17.2 Å². The quantitative estimate of drug-likeness (QED) is 0.863. The first-order valence-electron chi connectivity index (χ1n) is 6.15. The number of rotatable bonds is 3. The Balaban J connectivity index is 1.54. The van der Waals surface area contributed by atoms with Crippen molar-refractivity contribution >= 4 is 17.4 Å². The fraction of sp³-hybridized carbons (Fsp3) is 0.286. The van der Waals surface area contributed by atoms with E-state index in [1.807, 2.05) is 31.2 Å². The minimum absolute atomic E-state index is 0.0478. The van der Waals surface area contributed by atoms with Gasteiger partial charge in [-0.2, -0.15) is 0 Å². The van der Waals surface area contributed by atoms with Gasteiger partial charge in [0.2, 0.25) is 0 Å². The molecule has 5 heteroatoms.